The first-order valence-corrected chi connectivity index (χ1v) is 7.49. The summed E-state index contributed by atoms with van der Waals surface area (Å²) in [6.07, 6.45) is 0.00509. The van der Waals surface area contributed by atoms with Crippen molar-refractivity contribution in [2.75, 3.05) is 6.61 Å². The second kappa shape index (κ2) is 5.56. The highest BCUT2D eigenvalue weighted by Gasteiger charge is 2.55. The van der Waals surface area contributed by atoms with Crippen molar-refractivity contribution in [3.05, 3.63) is 35.4 Å². The fourth-order valence-electron chi connectivity index (χ4n) is 2.92. The van der Waals surface area contributed by atoms with Crippen molar-refractivity contribution in [2.45, 2.75) is 57.3 Å². The quantitative estimate of drug-likeness (QED) is 0.800. The van der Waals surface area contributed by atoms with Gasteiger partial charge < -0.3 is 20.3 Å². The minimum absolute atomic E-state index is 0.263. The molecule has 1 aromatic rings. The average Bonchev–Trinajstić information content (AvgIpc) is 2.34. The Bertz CT molecular complexity index is 539. The zero-order valence-corrected chi connectivity index (χ0v) is 13.6. The first-order valence-electron chi connectivity index (χ1n) is 7.49. The van der Waals surface area contributed by atoms with E-state index in [0.29, 0.717) is 0 Å². The first-order chi connectivity index (χ1) is 10.1. The Balaban J connectivity index is 2.21. The van der Waals surface area contributed by atoms with Crippen molar-refractivity contribution in [3.63, 3.8) is 0 Å². The van der Waals surface area contributed by atoms with E-state index in [1.807, 2.05) is 31.2 Å². The van der Waals surface area contributed by atoms with Crippen molar-refractivity contribution >= 4 is 6.09 Å². The van der Waals surface area contributed by atoms with Crippen LogP contribution in [0.4, 0.5) is 4.79 Å². The van der Waals surface area contributed by atoms with E-state index in [1.165, 1.54) is 0 Å². The molecular weight excluding hydrogens is 282 g/mol. The van der Waals surface area contributed by atoms with Gasteiger partial charge in [-0.25, -0.2) is 4.79 Å². The number of alkyl carbamates (subject to hydrolysis) is 1. The summed E-state index contributed by atoms with van der Waals surface area (Å²) in [7, 11) is 0. The summed E-state index contributed by atoms with van der Waals surface area (Å²) in [6.45, 7) is 7.07. The molecule has 1 saturated carbocycles. The molecule has 1 aliphatic carbocycles. The molecule has 0 aromatic heterocycles. The van der Waals surface area contributed by atoms with Crippen LogP contribution in [0.5, 0.6) is 0 Å². The number of aliphatic hydroxyl groups is 2. The number of aliphatic hydroxyl groups excluding tert-OH is 1. The van der Waals surface area contributed by atoms with Gasteiger partial charge in [-0.15, -0.1) is 0 Å². The molecular formula is C17H25NO4. The van der Waals surface area contributed by atoms with Crippen LogP contribution in [0.25, 0.3) is 0 Å². The topological polar surface area (TPSA) is 78.8 Å². The van der Waals surface area contributed by atoms with Crippen LogP contribution in [-0.4, -0.2) is 34.1 Å². The van der Waals surface area contributed by atoms with E-state index in [1.54, 1.807) is 20.8 Å². The molecule has 0 atom stereocenters. The van der Waals surface area contributed by atoms with Gasteiger partial charge in [0.1, 0.15) is 5.60 Å². The van der Waals surface area contributed by atoms with Gasteiger partial charge in [0.15, 0.2) is 0 Å². The van der Waals surface area contributed by atoms with Gasteiger partial charge in [0.05, 0.1) is 17.7 Å². The van der Waals surface area contributed by atoms with Gasteiger partial charge in [0.25, 0.3) is 0 Å². The van der Waals surface area contributed by atoms with Gasteiger partial charge in [-0.05, 0) is 33.3 Å². The van der Waals surface area contributed by atoms with Gasteiger partial charge in [-0.2, -0.15) is 0 Å². The van der Waals surface area contributed by atoms with Gasteiger partial charge in [0, 0.05) is 12.8 Å². The molecule has 5 heteroatoms. The monoisotopic (exact) mass is 307 g/mol. The van der Waals surface area contributed by atoms with E-state index in [4.69, 9.17) is 4.74 Å². The normalized spacial score (nSPS) is 27.9. The van der Waals surface area contributed by atoms with Crippen LogP contribution in [0.2, 0.25) is 0 Å². The molecule has 1 fully saturated rings. The maximum atomic E-state index is 12.1. The Kier molecular flexibility index (Phi) is 4.24. The third-order valence-electron chi connectivity index (χ3n) is 3.90. The highest BCUT2D eigenvalue weighted by molar-refractivity contribution is 5.69. The molecule has 1 aliphatic rings. The van der Waals surface area contributed by atoms with Crippen LogP contribution >= 0.6 is 0 Å². The molecule has 5 nitrogen and oxygen atoms in total. The maximum absolute atomic E-state index is 12.1. The van der Waals surface area contributed by atoms with E-state index < -0.39 is 22.8 Å². The van der Waals surface area contributed by atoms with Gasteiger partial charge in [0.2, 0.25) is 0 Å². The largest absolute Gasteiger partial charge is 0.444 e. The Morgan fingerprint density at radius 1 is 1.27 bits per heavy atom. The smallest absolute Gasteiger partial charge is 0.408 e. The summed E-state index contributed by atoms with van der Waals surface area (Å²) in [4.78, 5) is 12.1. The molecule has 0 unspecified atom stereocenters. The fraction of sp³-hybridized carbons (Fsp3) is 0.588. The highest BCUT2D eigenvalue weighted by atomic mass is 16.6. The number of aryl methyl sites for hydroxylation is 1. The van der Waals surface area contributed by atoms with Crippen molar-refractivity contribution in [1.82, 2.24) is 5.32 Å². The number of amides is 1. The standard InChI is InChI=1S/C17H25NO4/c1-12-5-7-13(8-6-12)17(9-16(21,10-17)11-19)18-14(20)22-15(2,3)4/h5-8,19,21H,9-11H2,1-4H3,(H,18,20). The lowest BCUT2D eigenvalue weighted by Crippen LogP contribution is -2.64. The van der Waals surface area contributed by atoms with E-state index in [0.717, 1.165) is 11.1 Å². The number of benzene rings is 1. The number of carbonyl (C=O) groups excluding carboxylic acids is 1. The summed E-state index contributed by atoms with van der Waals surface area (Å²) in [5.74, 6) is 0. The first kappa shape index (κ1) is 16.8. The number of hydrogen-bond donors (Lipinski definition) is 3. The summed E-state index contributed by atoms with van der Waals surface area (Å²) in [5.41, 5.74) is -0.418. The Hall–Kier alpha value is -1.59. The summed E-state index contributed by atoms with van der Waals surface area (Å²) < 4.78 is 5.32. The number of hydrogen-bond acceptors (Lipinski definition) is 4. The molecule has 0 aliphatic heterocycles. The molecule has 1 aromatic carbocycles. The zero-order valence-electron chi connectivity index (χ0n) is 13.6. The lowest BCUT2D eigenvalue weighted by atomic mass is 9.62. The number of ether oxygens (including phenoxy) is 1. The van der Waals surface area contributed by atoms with E-state index in [-0.39, 0.29) is 19.4 Å². The predicted molar refractivity (Wildman–Crippen MR) is 83.5 cm³/mol. The van der Waals surface area contributed by atoms with Gasteiger partial charge >= 0.3 is 6.09 Å². The average molecular weight is 307 g/mol. The lowest BCUT2D eigenvalue weighted by molar-refractivity contribution is -0.131. The molecule has 3 N–H and O–H groups in total. The van der Waals surface area contributed by atoms with Crippen LogP contribution in [0.3, 0.4) is 0 Å². The highest BCUT2D eigenvalue weighted by Crippen LogP contribution is 2.48. The molecule has 0 bridgehead atoms. The Morgan fingerprint density at radius 2 is 1.82 bits per heavy atom. The van der Waals surface area contributed by atoms with Crippen molar-refractivity contribution in [2.24, 2.45) is 0 Å². The molecule has 0 spiro atoms. The Morgan fingerprint density at radius 3 is 2.27 bits per heavy atom. The van der Waals surface area contributed by atoms with E-state index >= 15 is 0 Å². The van der Waals surface area contributed by atoms with Crippen LogP contribution in [-0.2, 0) is 10.3 Å². The second-order valence-corrected chi connectivity index (χ2v) is 7.31. The fourth-order valence-corrected chi connectivity index (χ4v) is 2.92. The van der Waals surface area contributed by atoms with Crippen molar-refractivity contribution in [3.8, 4) is 0 Å². The summed E-state index contributed by atoms with van der Waals surface area (Å²) in [6, 6.07) is 7.79. The minimum atomic E-state index is -1.15. The van der Waals surface area contributed by atoms with Crippen LogP contribution in [0, 0.1) is 6.92 Å². The van der Waals surface area contributed by atoms with Gasteiger partial charge in [-0.3, -0.25) is 0 Å². The molecule has 1 amide bonds. The number of carbonyl (C=O) groups is 1. The third kappa shape index (κ3) is 3.59. The third-order valence-corrected chi connectivity index (χ3v) is 3.90. The number of nitrogens with one attached hydrogen (secondary N) is 1. The molecule has 0 heterocycles. The molecule has 22 heavy (non-hydrogen) atoms. The summed E-state index contributed by atoms with van der Waals surface area (Å²) >= 11 is 0. The zero-order chi connectivity index (χ0) is 16.6. The molecule has 2 rings (SSSR count). The van der Waals surface area contributed by atoms with E-state index in [9.17, 15) is 15.0 Å². The molecule has 0 radical (unpaired) electrons. The molecule has 122 valence electrons. The van der Waals surface area contributed by atoms with Gasteiger partial charge in [-0.1, -0.05) is 29.8 Å². The van der Waals surface area contributed by atoms with Crippen molar-refractivity contribution < 1.29 is 19.7 Å². The van der Waals surface area contributed by atoms with Crippen LogP contribution in [0.15, 0.2) is 24.3 Å². The van der Waals surface area contributed by atoms with E-state index in [2.05, 4.69) is 5.32 Å². The SMILES string of the molecule is Cc1ccc(C2(NC(=O)OC(C)(C)C)CC(O)(CO)C2)cc1. The lowest BCUT2D eigenvalue weighted by Gasteiger charge is -2.53. The van der Waals surface area contributed by atoms with Crippen molar-refractivity contribution in [1.29, 1.82) is 0 Å². The summed E-state index contributed by atoms with van der Waals surface area (Å²) in [5, 5.41) is 22.3. The number of rotatable bonds is 3. The maximum Gasteiger partial charge on any atom is 0.408 e. The van der Waals surface area contributed by atoms with Crippen LogP contribution < -0.4 is 5.32 Å². The molecule has 0 saturated heterocycles. The second-order valence-electron chi connectivity index (χ2n) is 7.31. The Labute approximate surface area is 131 Å². The minimum Gasteiger partial charge on any atom is -0.444 e. The van der Waals surface area contributed by atoms with Crippen LogP contribution in [0.1, 0.15) is 44.7 Å². The predicted octanol–water partition coefficient (Wildman–Crippen LogP) is 2.23.